The van der Waals surface area contributed by atoms with Gasteiger partial charge in [-0.05, 0) is 6.42 Å². The minimum atomic E-state index is -0.0661. The van der Waals surface area contributed by atoms with Crippen molar-refractivity contribution in [1.82, 2.24) is 4.90 Å². The van der Waals surface area contributed by atoms with Crippen molar-refractivity contribution in [3.63, 3.8) is 0 Å². The molecule has 0 aromatic heterocycles. The van der Waals surface area contributed by atoms with Gasteiger partial charge < -0.3 is 4.90 Å². The predicted octanol–water partition coefficient (Wildman–Crippen LogP) is 1.05. The van der Waals surface area contributed by atoms with Crippen molar-refractivity contribution < 1.29 is 9.59 Å². The zero-order valence-corrected chi connectivity index (χ0v) is 8.51. The molecule has 0 N–H and O–H groups in total. The molecule has 1 saturated heterocycles. The average molecular weight is 204 g/mol. The van der Waals surface area contributed by atoms with E-state index in [0.29, 0.717) is 19.5 Å². The largest absolute Gasteiger partial charge is 0.341 e. The summed E-state index contributed by atoms with van der Waals surface area (Å²) in [7, 11) is 0. The van der Waals surface area contributed by atoms with Crippen LogP contribution in [0.4, 0.5) is 0 Å². The standard InChI is InChI=1S/C9H14ClNO2/c1-7-2-4-11(9(13)6-10)5-3-8(7)12/h7H,2-6H2,1H3. The molecule has 1 aliphatic heterocycles. The predicted molar refractivity (Wildman–Crippen MR) is 50.7 cm³/mol. The number of rotatable bonds is 1. The Morgan fingerprint density at radius 3 is 2.92 bits per heavy atom. The van der Waals surface area contributed by atoms with E-state index in [0.717, 1.165) is 6.42 Å². The van der Waals surface area contributed by atoms with Gasteiger partial charge in [-0.3, -0.25) is 9.59 Å². The van der Waals surface area contributed by atoms with Crippen LogP contribution in [0.5, 0.6) is 0 Å². The zero-order valence-electron chi connectivity index (χ0n) is 7.75. The molecular formula is C9H14ClNO2. The first-order chi connectivity index (χ1) is 6.15. The summed E-state index contributed by atoms with van der Waals surface area (Å²) in [5, 5.41) is 0. The molecule has 0 saturated carbocycles. The van der Waals surface area contributed by atoms with Gasteiger partial charge in [0.2, 0.25) is 5.91 Å². The minimum absolute atomic E-state index is 0.0164. The number of Topliss-reactive ketones (excluding diaryl/α,β-unsaturated/α-hetero) is 1. The van der Waals surface area contributed by atoms with Crippen LogP contribution in [0.15, 0.2) is 0 Å². The van der Waals surface area contributed by atoms with E-state index in [-0.39, 0.29) is 23.5 Å². The van der Waals surface area contributed by atoms with Crippen LogP contribution in [0.3, 0.4) is 0 Å². The molecule has 0 radical (unpaired) electrons. The molecule has 1 aliphatic rings. The molecule has 1 rings (SSSR count). The Bertz CT molecular complexity index is 218. The van der Waals surface area contributed by atoms with Crippen molar-refractivity contribution >= 4 is 23.3 Å². The molecule has 0 aromatic rings. The summed E-state index contributed by atoms with van der Waals surface area (Å²) < 4.78 is 0. The molecule has 3 nitrogen and oxygen atoms in total. The van der Waals surface area contributed by atoms with Gasteiger partial charge in [-0.2, -0.15) is 0 Å². The fourth-order valence-corrected chi connectivity index (χ4v) is 1.62. The maximum absolute atomic E-state index is 11.3. The Labute approximate surface area is 83.0 Å². The number of carbonyl (C=O) groups excluding carboxylic acids is 2. The van der Waals surface area contributed by atoms with Gasteiger partial charge in [-0.25, -0.2) is 0 Å². The van der Waals surface area contributed by atoms with Crippen LogP contribution in [0, 0.1) is 5.92 Å². The summed E-state index contributed by atoms with van der Waals surface area (Å²) in [6.45, 7) is 3.12. The zero-order chi connectivity index (χ0) is 9.84. The molecule has 1 atom stereocenters. The maximum atomic E-state index is 11.3. The first kappa shape index (κ1) is 10.5. The Morgan fingerprint density at radius 2 is 2.31 bits per heavy atom. The number of likely N-dealkylation sites (tertiary alicyclic amines) is 1. The number of nitrogens with zero attached hydrogens (tertiary/aromatic N) is 1. The second kappa shape index (κ2) is 4.61. The third-order valence-electron chi connectivity index (χ3n) is 2.48. The first-order valence-corrected chi connectivity index (χ1v) is 5.05. The number of hydrogen-bond donors (Lipinski definition) is 0. The molecule has 1 amide bonds. The van der Waals surface area contributed by atoms with Crippen LogP contribution in [0.25, 0.3) is 0 Å². The van der Waals surface area contributed by atoms with E-state index in [4.69, 9.17) is 11.6 Å². The van der Waals surface area contributed by atoms with Crippen molar-refractivity contribution in [2.24, 2.45) is 5.92 Å². The highest BCUT2D eigenvalue weighted by molar-refractivity contribution is 6.27. The second-order valence-electron chi connectivity index (χ2n) is 3.42. The van der Waals surface area contributed by atoms with Gasteiger partial charge >= 0.3 is 0 Å². The van der Waals surface area contributed by atoms with Crippen LogP contribution < -0.4 is 0 Å². The molecule has 74 valence electrons. The topological polar surface area (TPSA) is 37.4 Å². The van der Waals surface area contributed by atoms with Crippen molar-refractivity contribution in [3.05, 3.63) is 0 Å². The van der Waals surface area contributed by atoms with Crippen molar-refractivity contribution in [1.29, 1.82) is 0 Å². The van der Waals surface area contributed by atoms with Crippen LogP contribution in [-0.2, 0) is 9.59 Å². The number of ketones is 1. The molecular weight excluding hydrogens is 190 g/mol. The molecule has 0 bridgehead atoms. The third-order valence-corrected chi connectivity index (χ3v) is 2.71. The van der Waals surface area contributed by atoms with Gasteiger partial charge in [0.1, 0.15) is 11.7 Å². The number of alkyl halides is 1. The quantitative estimate of drug-likeness (QED) is 0.598. The third kappa shape index (κ3) is 2.69. The Kier molecular flexibility index (Phi) is 3.72. The van der Waals surface area contributed by atoms with Gasteiger partial charge in [-0.1, -0.05) is 6.92 Å². The Hall–Kier alpha value is -0.570. The fourth-order valence-electron chi connectivity index (χ4n) is 1.45. The first-order valence-electron chi connectivity index (χ1n) is 4.51. The molecule has 1 heterocycles. The van der Waals surface area contributed by atoms with Crippen LogP contribution in [-0.4, -0.2) is 35.6 Å². The smallest absolute Gasteiger partial charge is 0.237 e. The van der Waals surface area contributed by atoms with E-state index in [9.17, 15) is 9.59 Å². The van der Waals surface area contributed by atoms with Gasteiger partial charge in [0.05, 0.1) is 0 Å². The van der Waals surface area contributed by atoms with Gasteiger partial charge in [0.25, 0.3) is 0 Å². The summed E-state index contributed by atoms with van der Waals surface area (Å²) in [6, 6.07) is 0. The number of amides is 1. The summed E-state index contributed by atoms with van der Waals surface area (Å²) in [6.07, 6.45) is 1.24. The Morgan fingerprint density at radius 1 is 1.62 bits per heavy atom. The lowest BCUT2D eigenvalue weighted by atomic mass is 10.0. The Balaban J connectivity index is 2.53. The monoisotopic (exact) mass is 203 g/mol. The highest BCUT2D eigenvalue weighted by Crippen LogP contribution is 2.13. The second-order valence-corrected chi connectivity index (χ2v) is 3.69. The average Bonchev–Trinajstić information content (AvgIpc) is 2.30. The van der Waals surface area contributed by atoms with E-state index in [1.807, 2.05) is 6.92 Å². The fraction of sp³-hybridized carbons (Fsp3) is 0.778. The van der Waals surface area contributed by atoms with E-state index in [1.54, 1.807) is 4.90 Å². The minimum Gasteiger partial charge on any atom is -0.341 e. The van der Waals surface area contributed by atoms with Crippen molar-refractivity contribution in [2.75, 3.05) is 19.0 Å². The summed E-state index contributed by atoms with van der Waals surface area (Å²) in [5.74, 6) is 0.296. The van der Waals surface area contributed by atoms with E-state index < -0.39 is 0 Å². The molecule has 1 fully saturated rings. The lowest BCUT2D eigenvalue weighted by molar-refractivity contribution is -0.128. The lowest BCUT2D eigenvalue weighted by Gasteiger charge is -2.18. The normalized spacial score (nSPS) is 24.3. The molecule has 1 unspecified atom stereocenters. The van der Waals surface area contributed by atoms with Crippen LogP contribution in [0.1, 0.15) is 19.8 Å². The lowest BCUT2D eigenvalue weighted by Crippen LogP contribution is -2.32. The van der Waals surface area contributed by atoms with E-state index >= 15 is 0 Å². The van der Waals surface area contributed by atoms with Gasteiger partial charge in [0, 0.05) is 25.4 Å². The SMILES string of the molecule is CC1CCN(C(=O)CCl)CCC1=O. The molecule has 4 heteroatoms. The molecule has 0 aromatic carbocycles. The highest BCUT2D eigenvalue weighted by atomic mass is 35.5. The highest BCUT2D eigenvalue weighted by Gasteiger charge is 2.22. The number of carbonyl (C=O) groups is 2. The number of hydrogen-bond acceptors (Lipinski definition) is 2. The summed E-state index contributed by atoms with van der Waals surface area (Å²) in [4.78, 5) is 24.2. The van der Waals surface area contributed by atoms with E-state index in [2.05, 4.69) is 0 Å². The van der Waals surface area contributed by atoms with Crippen LogP contribution >= 0.6 is 11.6 Å². The van der Waals surface area contributed by atoms with Crippen molar-refractivity contribution in [2.45, 2.75) is 19.8 Å². The maximum Gasteiger partial charge on any atom is 0.237 e. The van der Waals surface area contributed by atoms with Gasteiger partial charge in [0.15, 0.2) is 0 Å². The van der Waals surface area contributed by atoms with E-state index in [1.165, 1.54) is 0 Å². The summed E-state index contributed by atoms with van der Waals surface area (Å²) >= 11 is 5.44. The molecule has 0 spiro atoms. The molecule has 0 aliphatic carbocycles. The molecule has 13 heavy (non-hydrogen) atoms. The van der Waals surface area contributed by atoms with Crippen molar-refractivity contribution in [3.8, 4) is 0 Å². The van der Waals surface area contributed by atoms with Gasteiger partial charge in [-0.15, -0.1) is 11.6 Å². The summed E-state index contributed by atoms with van der Waals surface area (Å²) in [5.41, 5.74) is 0. The van der Waals surface area contributed by atoms with Crippen LogP contribution in [0.2, 0.25) is 0 Å². The number of halogens is 1.